The summed E-state index contributed by atoms with van der Waals surface area (Å²) in [7, 11) is 0. The average Bonchev–Trinajstić information content (AvgIpc) is 2.67. The molecule has 2 rings (SSSR count). The van der Waals surface area contributed by atoms with Gasteiger partial charge in [-0.15, -0.1) is 0 Å². The number of halogens is 1. The van der Waals surface area contributed by atoms with Crippen LogP contribution in [0.2, 0.25) is 0 Å². The van der Waals surface area contributed by atoms with Crippen LogP contribution in [0.1, 0.15) is 12.7 Å². The van der Waals surface area contributed by atoms with Crippen molar-refractivity contribution in [3.05, 3.63) is 34.6 Å². The Bertz CT molecular complexity index is 419. The summed E-state index contributed by atoms with van der Waals surface area (Å²) < 4.78 is 1.06. The fraction of sp³-hybridized carbons (Fsp3) is 0.200. The standard InChI is InChI=1S/C10H10BrN3/c1-2-9-12-10(14-13-9)7-3-5-8(11)6-4-7/h3-6H,2H2,1H3,(H,12,13,14). The van der Waals surface area contributed by atoms with Gasteiger partial charge in [-0.05, 0) is 12.1 Å². The first-order chi connectivity index (χ1) is 6.79. The molecule has 0 aliphatic rings. The quantitative estimate of drug-likeness (QED) is 0.892. The van der Waals surface area contributed by atoms with E-state index in [1.54, 1.807) is 0 Å². The SMILES string of the molecule is CCc1nc(-c2ccc(Br)cc2)n[nH]1. The molecule has 0 aliphatic carbocycles. The van der Waals surface area contributed by atoms with Crippen LogP contribution >= 0.6 is 15.9 Å². The Balaban J connectivity index is 2.34. The molecule has 1 aromatic carbocycles. The summed E-state index contributed by atoms with van der Waals surface area (Å²) in [6.07, 6.45) is 0.879. The number of aromatic amines is 1. The van der Waals surface area contributed by atoms with Gasteiger partial charge in [-0.2, -0.15) is 5.10 Å². The van der Waals surface area contributed by atoms with Crippen LogP contribution in [0.15, 0.2) is 28.7 Å². The van der Waals surface area contributed by atoms with Gasteiger partial charge in [-0.3, -0.25) is 5.10 Å². The minimum atomic E-state index is 0.759. The molecule has 1 N–H and O–H groups in total. The molecule has 0 unspecified atom stereocenters. The summed E-state index contributed by atoms with van der Waals surface area (Å²) >= 11 is 3.39. The maximum absolute atomic E-state index is 4.35. The maximum Gasteiger partial charge on any atom is 0.181 e. The maximum atomic E-state index is 4.35. The van der Waals surface area contributed by atoms with Gasteiger partial charge in [0.25, 0.3) is 0 Å². The van der Waals surface area contributed by atoms with Crippen LogP contribution in [0.4, 0.5) is 0 Å². The van der Waals surface area contributed by atoms with Crippen LogP contribution in [0.3, 0.4) is 0 Å². The Labute approximate surface area is 90.7 Å². The van der Waals surface area contributed by atoms with Crippen molar-refractivity contribution in [2.75, 3.05) is 0 Å². The summed E-state index contributed by atoms with van der Waals surface area (Å²) in [5.41, 5.74) is 1.03. The summed E-state index contributed by atoms with van der Waals surface area (Å²) in [6.45, 7) is 2.05. The third-order valence-corrected chi connectivity index (χ3v) is 2.50. The van der Waals surface area contributed by atoms with E-state index in [0.717, 1.165) is 28.1 Å². The molecule has 1 heterocycles. The Kier molecular flexibility index (Phi) is 2.63. The number of H-pyrrole nitrogens is 1. The number of benzene rings is 1. The Morgan fingerprint density at radius 3 is 2.57 bits per heavy atom. The van der Waals surface area contributed by atoms with Gasteiger partial charge in [0.15, 0.2) is 5.82 Å². The zero-order chi connectivity index (χ0) is 9.97. The third-order valence-electron chi connectivity index (χ3n) is 1.97. The first-order valence-corrected chi connectivity index (χ1v) is 5.26. The van der Waals surface area contributed by atoms with Gasteiger partial charge in [0.1, 0.15) is 5.82 Å². The second-order valence-corrected chi connectivity index (χ2v) is 3.88. The summed E-state index contributed by atoms with van der Waals surface area (Å²) in [4.78, 5) is 4.35. The second-order valence-electron chi connectivity index (χ2n) is 2.97. The van der Waals surface area contributed by atoms with Crippen LogP contribution in [-0.2, 0) is 6.42 Å². The molecule has 0 radical (unpaired) electrons. The lowest BCUT2D eigenvalue weighted by Gasteiger charge is -1.94. The highest BCUT2D eigenvalue weighted by atomic mass is 79.9. The van der Waals surface area contributed by atoms with Crippen LogP contribution < -0.4 is 0 Å². The highest BCUT2D eigenvalue weighted by molar-refractivity contribution is 9.10. The summed E-state index contributed by atoms with van der Waals surface area (Å²) in [5, 5.41) is 7.03. The second kappa shape index (κ2) is 3.92. The zero-order valence-corrected chi connectivity index (χ0v) is 9.37. The molecule has 0 amide bonds. The zero-order valence-electron chi connectivity index (χ0n) is 7.79. The van der Waals surface area contributed by atoms with Crippen LogP contribution in [0, 0.1) is 0 Å². The van der Waals surface area contributed by atoms with Crippen LogP contribution in [0.5, 0.6) is 0 Å². The topological polar surface area (TPSA) is 41.6 Å². The molecule has 2 aromatic rings. The number of nitrogens with one attached hydrogen (secondary N) is 1. The number of hydrogen-bond donors (Lipinski definition) is 1. The number of aromatic nitrogens is 3. The molecule has 72 valence electrons. The Morgan fingerprint density at radius 2 is 2.00 bits per heavy atom. The number of aryl methyl sites for hydroxylation is 1. The first-order valence-electron chi connectivity index (χ1n) is 4.47. The highest BCUT2D eigenvalue weighted by Gasteiger charge is 2.03. The molecule has 14 heavy (non-hydrogen) atoms. The van der Waals surface area contributed by atoms with E-state index in [-0.39, 0.29) is 0 Å². The van der Waals surface area contributed by atoms with Crippen molar-refractivity contribution in [2.24, 2.45) is 0 Å². The average molecular weight is 252 g/mol. The van der Waals surface area contributed by atoms with Gasteiger partial charge in [-0.25, -0.2) is 4.98 Å². The molecule has 0 spiro atoms. The van der Waals surface area contributed by atoms with Gasteiger partial charge in [0, 0.05) is 16.5 Å². The van der Waals surface area contributed by atoms with E-state index in [1.807, 2.05) is 31.2 Å². The largest absolute Gasteiger partial charge is 0.263 e. The molecule has 0 bridgehead atoms. The van der Waals surface area contributed by atoms with Crippen molar-refractivity contribution < 1.29 is 0 Å². The third kappa shape index (κ3) is 1.85. The Morgan fingerprint density at radius 1 is 1.29 bits per heavy atom. The molecule has 0 saturated carbocycles. The van der Waals surface area contributed by atoms with E-state index in [2.05, 4.69) is 31.1 Å². The normalized spacial score (nSPS) is 10.4. The van der Waals surface area contributed by atoms with Crippen LogP contribution in [0.25, 0.3) is 11.4 Å². The fourth-order valence-corrected chi connectivity index (χ4v) is 1.45. The molecule has 1 aromatic heterocycles. The lowest BCUT2D eigenvalue weighted by atomic mass is 10.2. The van der Waals surface area contributed by atoms with Crippen molar-refractivity contribution in [3.8, 4) is 11.4 Å². The van der Waals surface area contributed by atoms with Gasteiger partial charge < -0.3 is 0 Å². The van der Waals surface area contributed by atoms with E-state index >= 15 is 0 Å². The van der Waals surface area contributed by atoms with Crippen LogP contribution in [-0.4, -0.2) is 15.2 Å². The number of hydrogen-bond acceptors (Lipinski definition) is 2. The van der Waals surface area contributed by atoms with E-state index < -0.39 is 0 Å². The lowest BCUT2D eigenvalue weighted by molar-refractivity contribution is 0.946. The van der Waals surface area contributed by atoms with Gasteiger partial charge in [0.2, 0.25) is 0 Å². The monoisotopic (exact) mass is 251 g/mol. The van der Waals surface area contributed by atoms with Crippen molar-refractivity contribution in [2.45, 2.75) is 13.3 Å². The minimum absolute atomic E-state index is 0.759. The molecule has 0 saturated heterocycles. The predicted octanol–water partition coefficient (Wildman–Crippen LogP) is 2.80. The van der Waals surface area contributed by atoms with Gasteiger partial charge >= 0.3 is 0 Å². The molecule has 3 nitrogen and oxygen atoms in total. The fourth-order valence-electron chi connectivity index (χ4n) is 1.18. The molecule has 0 fully saturated rings. The molecule has 4 heteroatoms. The minimum Gasteiger partial charge on any atom is -0.263 e. The molecule has 0 aliphatic heterocycles. The van der Waals surface area contributed by atoms with Gasteiger partial charge in [-0.1, -0.05) is 35.0 Å². The Hall–Kier alpha value is -1.16. The molecule has 0 atom stereocenters. The van der Waals surface area contributed by atoms with Crippen molar-refractivity contribution >= 4 is 15.9 Å². The molecular weight excluding hydrogens is 242 g/mol. The van der Waals surface area contributed by atoms with Crippen molar-refractivity contribution in [1.82, 2.24) is 15.2 Å². The van der Waals surface area contributed by atoms with Crippen molar-refractivity contribution in [3.63, 3.8) is 0 Å². The van der Waals surface area contributed by atoms with E-state index in [1.165, 1.54) is 0 Å². The predicted molar refractivity (Wildman–Crippen MR) is 58.9 cm³/mol. The summed E-state index contributed by atoms with van der Waals surface area (Å²) in [5.74, 6) is 1.68. The smallest absolute Gasteiger partial charge is 0.181 e. The number of rotatable bonds is 2. The summed E-state index contributed by atoms with van der Waals surface area (Å²) in [6, 6.07) is 7.95. The molecular formula is C10H10BrN3. The van der Waals surface area contributed by atoms with E-state index in [0.29, 0.717) is 0 Å². The van der Waals surface area contributed by atoms with Crippen molar-refractivity contribution in [1.29, 1.82) is 0 Å². The van der Waals surface area contributed by atoms with Gasteiger partial charge in [0.05, 0.1) is 0 Å². The first kappa shape index (κ1) is 9.40. The lowest BCUT2D eigenvalue weighted by Crippen LogP contribution is -1.82. The van der Waals surface area contributed by atoms with E-state index in [4.69, 9.17) is 0 Å². The highest BCUT2D eigenvalue weighted by Crippen LogP contribution is 2.18. The number of nitrogens with zero attached hydrogens (tertiary/aromatic N) is 2. The van der Waals surface area contributed by atoms with E-state index in [9.17, 15) is 0 Å².